The maximum atomic E-state index is 11.9. The summed E-state index contributed by atoms with van der Waals surface area (Å²) >= 11 is 0. The van der Waals surface area contributed by atoms with E-state index in [4.69, 9.17) is 5.11 Å². The summed E-state index contributed by atoms with van der Waals surface area (Å²) in [5, 5.41) is 8.93. The third-order valence-corrected chi connectivity index (χ3v) is 3.27. The van der Waals surface area contributed by atoms with Gasteiger partial charge in [-0.3, -0.25) is 9.59 Å². The van der Waals surface area contributed by atoms with Crippen molar-refractivity contribution >= 4 is 11.9 Å². The van der Waals surface area contributed by atoms with Crippen LogP contribution in [0.25, 0.3) is 0 Å². The molecule has 2 atom stereocenters. The van der Waals surface area contributed by atoms with Crippen LogP contribution in [0.4, 0.5) is 0 Å². The second-order valence-electron chi connectivity index (χ2n) is 4.45. The van der Waals surface area contributed by atoms with Crippen LogP contribution in [0.5, 0.6) is 0 Å². The highest BCUT2D eigenvalue weighted by Gasteiger charge is 2.32. The van der Waals surface area contributed by atoms with E-state index in [0.29, 0.717) is 6.42 Å². The summed E-state index contributed by atoms with van der Waals surface area (Å²) in [5.74, 6) is -2.18. The summed E-state index contributed by atoms with van der Waals surface area (Å²) in [6.07, 6.45) is 1.27. The van der Waals surface area contributed by atoms with Crippen molar-refractivity contribution in [1.29, 1.82) is 0 Å². The first-order valence-electron chi connectivity index (χ1n) is 5.65. The lowest BCUT2D eigenvalue weighted by molar-refractivity contribution is -0.151. The molecule has 1 saturated heterocycles. The molecule has 0 aliphatic carbocycles. The van der Waals surface area contributed by atoms with Crippen molar-refractivity contribution < 1.29 is 14.7 Å². The Bertz CT molecular complexity index is 280. The molecule has 0 bridgehead atoms. The number of likely N-dealkylation sites (tertiary alicyclic amines) is 1. The topological polar surface area (TPSA) is 60.9 Å². The number of carboxylic acids is 1. The predicted octanol–water partition coefficient (Wildman–Crippen LogP) is 0.260. The predicted molar refractivity (Wildman–Crippen MR) is 60.1 cm³/mol. The molecule has 0 radical (unpaired) electrons. The number of amides is 1. The highest BCUT2D eigenvalue weighted by atomic mass is 16.4. The molecule has 5 heteroatoms. The van der Waals surface area contributed by atoms with Crippen LogP contribution in [0.3, 0.4) is 0 Å². The van der Waals surface area contributed by atoms with Crippen LogP contribution in [-0.4, -0.2) is 60.0 Å². The molecule has 1 N–H and O–H groups in total. The zero-order chi connectivity index (χ0) is 12.3. The van der Waals surface area contributed by atoms with Gasteiger partial charge in [0.05, 0.1) is 0 Å². The van der Waals surface area contributed by atoms with Gasteiger partial charge in [0, 0.05) is 19.6 Å². The molecule has 0 aromatic heterocycles. The fourth-order valence-electron chi connectivity index (χ4n) is 2.11. The van der Waals surface area contributed by atoms with Gasteiger partial charge in [0.25, 0.3) is 0 Å². The number of nitrogens with zero attached hydrogens (tertiary/aromatic N) is 2. The second kappa shape index (κ2) is 5.30. The molecule has 16 heavy (non-hydrogen) atoms. The first-order valence-corrected chi connectivity index (χ1v) is 5.65. The number of carbonyl (C=O) groups excluding carboxylic acids is 1. The molecule has 0 saturated carbocycles. The molecule has 5 nitrogen and oxygen atoms in total. The van der Waals surface area contributed by atoms with E-state index < -0.39 is 11.9 Å². The summed E-state index contributed by atoms with van der Waals surface area (Å²) in [7, 11) is 3.71. The standard InChI is InChI=1S/C11H20N2O3/c1-4-9(11(15)16)10(14)13(3)8-5-6-12(2)7-8/h8-9H,4-7H2,1-3H3,(H,15,16). The van der Waals surface area contributed by atoms with Crippen molar-refractivity contribution in [2.24, 2.45) is 5.92 Å². The number of carbonyl (C=O) groups is 2. The largest absolute Gasteiger partial charge is 0.481 e. The van der Waals surface area contributed by atoms with Gasteiger partial charge in [0.15, 0.2) is 0 Å². The highest BCUT2D eigenvalue weighted by molar-refractivity contribution is 5.96. The molecule has 0 spiro atoms. The molecule has 1 fully saturated rings. The van der Waals surface area contributed by atoms with Crippen LogP contribution in [0.15, 0.2) is 0 Å². The minimum atomic E-state index is -1.02. The van der Waals surface area contributed by atoms with Gasteiger partial charge < -0.3 is 14.9 Å². The van der Waals surface area contributed by atoms with Crippen LogP contribution in [-0.2, 0) is 9.59 Å². The van der Waals surface area contributed by atoms with Crippen molar-refractivity contribution in [3.05, 3.63) is 0 Å². The maximum Gasteiger partial charge on any atom is 0.316 e. The number of hydrogen-bond donors (Lipinski definition) is 1. The molecule has 1 rings (SSSR count). The van der Waals surface area contributed by atoms with Gasteiger partial charge in [-0.05, 0) is 26.4 Å². The van der Waals surface area contributed by atoms with Crippen molar-refractivity contribution in [2.45, 2.75) is 25.8 Å². The Morgan fingerprint density at radius 1 is 1.56 bits per heavy atom. The number of carboxylic acid groups (broad SMARTS) is 1. The fraction of sp³-hybridized carbons (Fsp3) is 0.818. The third kappa shape index (κ3) is 2.72. The Balaban J connectivity index is 2.62. The maximum absolute atomic E-state index is 11.9. The Morgan fingerprint density at radius 3 is 2.56 bits per heavy atom. The van der Waals surface area contributed by atoms with Gasteiger partial charge >= 0.3 is 5.97 Å². The molecule has 2 unspecified atom stereocenters. The molecule has 1 aliphatic heterocycles. The van der Waals surface area contributed by atoms with Gasteiger partial charge in [-0.2, -0.15) is 0 Å². The number of aliphatic carboxylic acids is 1. The van der Waals surface area contributed by atoms with Gasteiger partial charge in [-0.1, -0.05) is 6.92 Å². The minimum absolute atomic E-state index is 0.158. The minimum Gasteiger partial charge on any atom is -0.481 e. The molecule has 0 aromatic carbocycles. The Hall–Kier alpha value is -1.10. The monoisotopic (exact) mass is 228 g/mol. The van der Waals surface area contributed by atoms with Gasteiger partial charge in [0.2, 0.25) is 5.91 Å². The summed E-state index contributed by atoms with van der Waals surface area (Å²) in [6.45, 7) is 3.52. The van der Waals surface area contributed by atoms with E-state index in [0.717, 1.165) is 19.5 Å². The molecular formula is C11H20N2O3. The van der Waals surface area contributed by atoms with Gasteiger partial charge in [0.1, 0.15) is 5.92 Å². The van der Waals surface area contributed by atoms with Gasteiger partial charge in [-0.15, -0.1) is 0 Å². The van der Waals surface area contributed by atoms with E-state index in [1.165, 1.54) is 0 Å². The van der Waals surface area contributed by atoms with Crippen molar-refractivity contribution in [2.75, 3.05) is 27.2 Å². The van der Waals surface area contributed by atoms with Crippen molar-refractivity contribution in [3.63, 3.8) is 0 Å². The first-order chi connectivity index (χ1) is 7.47. The fourth-order valence-corrected chi connectivity index (χ4v) is 2.11. The van der Waals surface area contributed by atoms with E-state index in [1.807, 2.05) is 7.05 Å². The molecule has 1 aliphatic rings. The van der Waals surface area contributed by atoms with Gasteiger partial charge in [-0.25, -0.2) is 0 Å². The van der Waals surface area contributed by atoms with Crippen LogP contribution in [0.1, 0.15) is 19.8 Å². The molecule has 1 amide bonds. The zero-order valence-electron chi connectivity index (χ0n) is 10.1. The molecule has 0 aromatic rings. The van der Waals surface area contributed by atoms with E-state index in [9.17, 15) is 9.59 Å². The zero-order valence-corrected chi connectivity index (χ0v) is 10.1. The lowest BCUT2D eigenvalue weighted by atomic mass is 10.0. The van der Waals surface area contributed by atoms with Crippen molar-refractivity contribution in [1.82, 2.24) is 9.80 Å². The smallest absolute Gasteiger partial charge is 0.316 e. The first kappa shape index (κ1) is 13.0. The lowest BCUT2D eigenvalue weighted by Crippen LogP contribution is -2.43. The summed E-state index contributed by atoms with van der Waals surface area (Å²) in [4.78, 5) is 26.6. The van der Waals surface area contributed by atoms with E-state index in [1.54, 1.807) is 18.9 Å². The lowest BCUT2D eigenvalue weighted by Gasteiger charge is -2.26. The summed E-state index contributed by atoms with van der Waals surface area (Å²) < 4.78 is 0. The van der Waals surface area contributed by atoms with E-state index >= 15 is 0 Å². The van der Waals surface area contributed by atoms with E-state index in [2.05, 4.69) is 4.90 Å². The Labute approximate surface area is 96.0 Å². The number of likely N-dealkylation sites (N-methyl/N-ethyl adjacent to an activating group) is 2. The number of rotatable bonds is 4. The van der Waals surface area contributed by atoms with Crippen LogP contribution < -0.4 is 0 Å². The Morgan fingerprint density at radius 2 is 2.19 bits per heavy atom. The molecule has 92 valence electrons. The molecular weight excluding hydrogens is 208 g/mol. The SMILES string of the molecule is CCC(C(=O)O)C(=O)N(C)C1CCN(C)C1. The quantitative estimate of drug-likeness (QED) is 0.701. The molecule has 1 heterocycles. The second-order valence-corrected chi connectivity index (χ2v) is 4.45. The van der Waals surface area contributed by atoms with E-state index in [-0.39, 0.29) is 11.9 Å². The summed E-state index contributed by atoms with van der Waals surface area (Å²) in [6, 6.07) is 0.158. The van der Waals surface area contributed by atoms with Crippen molar-refractivity contribution in [3.8, 4) is 0 Å². The average molecular weight is 228 g/mol. The van der Waals surface area contributed by atoms with Crippen LogP contribution >= 0.6 is 0 Å². The Kier molecular flexibility index (Phi) is 4.29. The van der Waals surface area contributed by atoms with Crippen LogP contribution in [0, 0.1) is 5.92 Å². The summed E-state index contributed by atoms with van der Waals surface area (Å²) in [5.41, 5.74) is 0. The average Bonchev–Trinajstić information content (AvgIpc) is 2.64. The third-order valence-electron chi connectivity index (χ3n) is 3.27. The highest BCUT2D eigenvalue weighted by Crippen LogP contribution is 2.16. The normalized spacial score (nSPS) is 23.1. The number of hydrogen-bond acceptors (Lipinski definition) is 3. The van der Waals surface area contributed by atoms with Crippen LogP contribution in [0.2, 0.25) is 0 Å².